The van der Waals surface area contributed by atoms with Crippen LogP contribution in [0.15, 0.2) is 24.3 Å². The van der Waals surface area contributed by atoms with Gasteiger partial charge in [-0.05, 0) is 30.2 Å². The molecular weight excluding hydrogens is 204 g/mol. The van der Waals surface area contributed by atoms with Crippen LogP contribution in [-0.2, 0) is 0 Å². The van der Waals surface area contributed by atoms with E-state index in [9.17, 15) is 9.59 Å². The molecule has 0 aromatic heterocycles. The van der Waals surface area contributed by atoms with Crippen LogP contribution in [0.25, 0.3) is 0 Å². The number of rotatable bonds is 4. The van der Waals surface area contributed by atoms with Crippen LogP contribution in [0.5, 0.6) is 0 Å². The van der Waals surface area contributed by atoms with Gasteiger partial charge in [-0.2, -0.15) is 0 Å². The maximum atomic E-state index is 11.6. The summed E-state index contributed by atoms with van der Waals surface area (Å²) in [6, 6.07) is 6.28. The Kier molecular flexibility index (Phi) is 4.05. The normalized spacial score (nSPS) is 10.2. The van der Waals surface area contributed by atoms with Crippen molar-refractivity contribution in [3.8, 4) is 0 Å². The lowest BCUT2D eigenvalue weighted by Gasteiger charge is -2.07. The summed E-state index contributed by atoms with van der Waals surface area (Å²) in [5.41, 5.74) is 6.04. The Bertz CT molecular complexity index is 383. The number of carbonyl (C=O) groups excluding carboxylic acids is 2. The second kappa shape index (κ2) is 5.30. The maximum Gasteiger partial charge on any atom is 0.251 e. The first kappa shape index (κ1) is 12.2. The zero-order valence-electron chi connectivity index (χ0n) is 9.49. The third kappa shape index (κ3) is 3.38. The van der Waals surface area contributed by atoms with Gasteiger partial charge in [-0.15, -0.1) is 0 Å². The Morgan fingerprint density at radius 3 is 2.12 bits per heavy atom. The van der Waals surface area contributed by atoms with Crippen molar-refractivity contribution in [3.63, 3.8) is 0 Å². The predicted molar refractivity (Wildman–Crippen MR) is 62.1 cm³/mol. The molecule has 0 radical (unpaired) electrons. The van der Waals surface area contributed by atoms with Crippen LogP contribution in [0.3, 0.4) is 0 Å². The van der Waals surface area contributed by atoms with Gasteiger partial charge in [-0.25, -0.2) is 0 Å². The van der Waals surface area contributed by atoms with Crippen LogP contribution in [0.2, 0.25) is 0 Å². The molecule has 2 amide bonds. The van der Waals surface area contributed by atoms with E-state index in [4.69, 9.17) is 5.73 Å². The highest BCUT2D eigenvalue weighted by molar-refractivity contribution is 5.97. The van der Waals surface area contributed by atoms with E-state index in [1.54, 1.807) is 24.3 Å². The lowest BCUT2D eigenvalue weighted by molar-refractivity contribution is 0.0946. The molecule has 0 unspecified atom stereocenters. The molecule has 0 aliphatic rings. The molecule has 0 atom stereocenters. The van der Waals surface area contributed by atoms with Crippen molar-refractivity contribution < 1.29 is 9.59 Å². The van der Waals surface area contributed by atoms with Crippen LogP contribution < -0.4 is 11.1 Å². The molecule has 86 valence electrons. The summed E-state index contributed by atoms with van der Waals surface area (Å²) < 4.78 is 0. The highest BCUT2D eigenvalue weighted by atomic mass is 16.2. The summed E-state index contributed by atoms with van der Waals surface area (Å²) in [5.74, 6) is -0.215. The summed E-state index contributed by atoms with van der Waals surface area (Å²) in [6.45, 7) is 4.68. The summed E-state index contributed by atoms with van der Waals surface area (Å²) in [4.78, 5) is 22.4. The molecule has 0 aliphatic carbocycles. The van der Waals surface area contributed by atoms with Gasteiger partial charge in [-0.1, -0.05) is 13.8 Å². The van der Waals surface area contributed by atoms with Gasteiger partial charge in [0.15, 0.2) is 0 Å². The zero-order valence-corrected chi connectivity index (χ0v) is 9.49. The fraction of sp³-hybridized carbons (Fsp3) is 0.333. The van der Waals surface area contributed by atoms with Crippen LogP contribution in [0, 0.1) is 5.92 Å². The number of benzene rings is 1. The molecule has 0 bridgehead atoms. The standard InChI is InChI=1S/C12H16N2O2/c1-8(2)7-14-12(16)10-5-3-9(4-6-10)11(13)15/h3-6,8H,7H2,1-2H3,(H2,13,15)(H,14,16). The monoisotopic (exact) mass is 220 g/mol. The van der Waals surface area contributed by atoms with Crippen molar-refractivity contribution in [2.45, 2.75) is 13.8 Å². The smallest absolute Gasteiger partial charge is 0.251 e. The van der Waals surface area contributed by atoms with Crippen LogP contribution in [0.1, 0.15) is 34.6 Å². The van der Waals surface area contributed by atoms with Crippen LogP contribution >= 0.6 is 0 Å². The van der Waals surface area contributed by atoms with E-state index in [1.165, 1.54) is 0 Å². The average molecular weight is 220 g/mol. The predicted octanol–water partition coefficient (Wildman–Crippen LogP) is 1.17. The van der Waals surface area contributed by atoms with Gasteiger partial charge in [0, 0.05) is 17.7 Å². The minimum Gasteiger partial charge on any atom is -0.366 e. The molecule has 0 saturated heterocycles. The molecule has 0 saturated carbocycles. The largest absolute Gasteiger partial charge is 0.366 e. The van der Waals surface area contributed by atoms with Gasteiger partial charge >= 0.3 is 0 Å². The molecular formula is C12H16N2O2. The van der Waals surface area contributed by atoms with Crippen molar-refractivity contribution in [2.75, 3.05) is 6.54 Å². The third-order valence-electron chi connectivity index (χ3n) is 2.10. The number of hydrogen-bond donors (Lipinski definition) is 2. The Labute approximate surface area is 94.8 Å². The molecule has 1 aromatic carbocycles. The van der Waals surface area contributed by atoms with E-state index < -0.39 is 5.91 Å². The Balaban J connectivity index is 2.67. The van der Waals surface area contributed by atoms with Gasteiger partial charge in [0.25, 0.3) is 5.91 Å². The number of amides is 2. The molecule has 1 rings (SSSR count). The second-order valence-corrected chi connectivity index (χ2v) is 4.05. The quantitative estimate of drug-likeness (QED) is 0.799. The number of hydrogen-bond acceptors (Lipinski definition) is 2. The van der Waals surface area contributed by atoms with E-state index in [0.717, 1.165) is 0 Å². The van der Waals surface area contributed by atoms with Crippen LogP contribution in [0.4, 0.5) is 0 Å². The summed E-state index contributed by atoms with van der Waals surface area (Å²) in [7, 11) is 0. The van der Waals surface area contributed by atoms with Crippen molar-refractivity contribution in [1.82, 2.24) is 5.32 Å². The molecule has 0 spiro atoms. The molecule has 0 aliphatic heterocycles. The topological polar surface area (TPSA) is 72.2 Å². The van der Waals surface area contributed by atoms with Crippen molar-refractivity contribution >= 4 is 11.8 Å². The van der Waals surface area contributed by atoms with E-state index in [2.05, 4.69) is 5.32 Å². The highest BCUT2D eigenvalue weighted by Gasteiger charge is 2.06. The van der Waals surface area contributed by atoms with Crippen LogP contribution in [-0.4, -0.2) is 18.4 Å². The first-order chi connectivity index (χ1) is 7.50. The first-order valence-electron chi connectivity index (χ1n) is 5.18. The molecule has 4 nitrogen and oxygen atoms in total. The molecule has 3 N–H and O–H groups in total. The summed E-state index contributed by atoms with van der Waals surface area (Å²) in [6.07, 6.45) is 0. The molecule has 1 aromatic rings. The lowest BCUT2D eigenvalue weighted by atomic mass is 10.1. The molecule has 16 heavy (non-hydrogen) atoms. The van der Waals surface area contributed by atoms with Crippen molar-refractivity contribution in [2.24, 2.45) is 11.7 Å². The van der Waals surface area contributed by atoms with E-state index in [1.807, 2.05) is 13.8 Å². The van der Waals surface area contributed by atoms with Crippen molar-refractivity contribution in [3.05, 3.63) is 35.4 Å². The fourth-order valence-corrected chi connectivity index (χ4v) is 1.18. The van der Waals surface area contributed by atoms with Crippen molar-refractivity contribution in [1.29, 1.82) is 0 Å². The van der Waals surface area contributed by atoms with Gasteiger partial charge < -0.3 is 11.1 Å². The number of primary amides is 1. The SMILES string of the molecule is CC(C)CNC(=O)c1ccc(C(N)=O)cc1. The van der Waals surface area contributed by atoms with Gasteiger partial charge in [0.2, 0.25) is 5.91 Å². The molecule has 0 fully saturated rings. The minimum atomic E-state index is -0.492. The second-order valence-electron chi connectivity index (χ2n) is 4.05. The Morgan fingerprint density at radius 2 is 1.69 bits per heavy atom. The summed E-state index contributed by atoms with van der Waals surface area (Å²) in [5, 5.41) is 2.79. The summed E-state index contributed by atoms with van der Waals surface area (Å²) >= 11 is 0. The number of nitrogens with two attached hydrogens (primary N) is 1. The molecule has 0 heterocycles. The maximum absolute atomic E-state index is 11.6. The first-order valence-corrected chi connectivity index (χ1v) is 5.18. The van der Waals surface area contributed by atoms with E-state index in [-0.39, 0.29) is 5.91 Å². The van der Waals surface area contributed by atoms with Gasteiger partial charge in [0.1, 0.15) is 0 Å². The number of nitrogens with one attached hydrogen (secondary N) is 1. The highest BCUT2D eigenvalue weighted by Crippen LogP contribution is 2.04. The zero-order chi connectivity index (χ0) is 12.1. The fourth-order valence-electron chi connectivity index (χ4n) is 1.18. The lowest BCUT2D eigenvalue weighted by Crippen LogP contribution is -2.27. The van der Waals surface area contributed by atoms with Gasteiger partial charge in [-0.3, -0.25) is 9.59 Å². The van der Waals surface area contributed by atoms with Gasteiger partial charge in [0.05, 0.1) is 0 Å². The molecule has 4 heteroatoms. The van der Waals surface area contributed by atoms with E-state index in [0.29, 0.717) is 23.6 Å². The average Bonchev–Trinajstić information content (AvgIpc) is 2.26. The van der Waals surface area contributed by atoms with E-state index >= 15 is 0 Å². The Hall–Kier alpha value is -1.84. The number of carbonyl (C=O) groups is 2. The minimum absolute atomic E-state index is 0.135. The third-order valence-corrected chi connectivity index (χ3v) is 2.10. The Morgan fingerprint density at radius 1 is 1.19 bits per heavy atom.